The minimum atomic E-state index is -0.649. The second-order valence-electron chi connectivity index (χ2n) is 7.57. The van der Waals surface area contributed by atoms with E-state index in [0.29, 0.717) is 30.9 Å². The van der Waals surface area contributed by atoms with E-state index in [2.05, 4.69) is 0 Å². The largest absolute Gasteiger partial charge is 0.459 e. The molecule has 0 bridgehead atoms. The summed E-state index contributed by atoms with van der Waals surface area (Å²) < 4.78 is 38.9. The van der Waals surface area contributed by atoms with E-state index in [1.807, 2.05) is 13.8 Å². The first-order valence-corrected chi connectivity index (χ1v) is 9.29. The predicted molar refractivity (Wildman–Crippen MR) is 95.5 cm³/mol. The number of halogens is 2. The summed E-state index contributed by atoms with van der Waals surface area (Å²) >= 11 is 0. The molecule has 2 rings (SSSR count). The summed E-state index contributed by atoms with van der Waals surface area (Å²) in [6.07, 6.45) is 1.51. The minimum absolute atomic E-state index is 0.0539. The van der Waals surface area contributed by atoms with Crippen molar-refractivity contribution in [1.82, 2.24) is 0 Å². The van der Waals surface area contributed by atoms with Crippen molar-refractivity contribution in [1.29, 1.82) is 0 Å². The van der Waals surface area contributed by atoms with Gasteiger partial charge in [-0.1, -0.05) is 26.3 Å². The van der Waals surface area contributed by atoms with Crippen molar-refractivity contribution in [3.63, 3.8) is 0 Å². The first-order valence-electron chi connectivity index (χ1n) is 9.29. The van der Waals surface area contributed by atoms with Gasteiger partial charge < -0.3 is 15.2 Å². The minimum Gasteiger partial charge on any atom is -0.459 e. The number of carbonyl (C=O) groups excluding carboxylic acids is 1. The number of ether oxygens (including phenoxy) is 2. The van der Waals surface area contributed by atoms with Crippen molar-refractivity contribution >= 4 is 5.97 Å². The third kappa shape index (κ3) is 5.74. The van der Waals surface area contributed by atoms with E-state index in [1.165, 1.54) is 12.1 Å². The molecule has 1 aromatic carbocycles. The van der Waals surface area contributed by atoms with E-state index in [4.69, 9.17) is 15.2 Å². The SMILES string of the molecule is CC(C)CO[C@@H]1[C@@H](Cc2ccc(F)cc2F)CCC[C@H](N)C(=O)O[C@H]1C. The number of hydrogen-bond donors (Lipinski definition) is 1. The fraction of sp³-hybridized carbons (Fsp3) is 0.650. The highest BCUT2D eigenvalue weighted by Crippen LogP contribution is 2.28. The van der Waals surface area contributed by atoms with Gasteiger partial charge in [-0.15, -0.1) is 0 Å². The lowest BCUT2D eigenvalue weighted by molar-refractivity contribution is -0.160. The number of cyclic esters (lactones) is 1. The summed E-state index contributed by atoms with van der Waals surface area (Å²) in [5, 5.41) is 0. The molecule has 0 aliphatic carbocycles. The molecule has 0 saturated carbocycles. The van der Waals surface area contributed by atoms with Crippen LogP contribution in [0.25, 0.3) is 0 Å². The van der Waals surface area contributed by atoms with Crippen LogP contribution in [0, 0.1) is 23.5 Å². The van der Waals surface area contributed by atoms with Crippen molar-refractivity contribution in [2.45, 2.75) is 64.7 Å². The molecule has 4 nitrogen and oxygen atoms in total. The monoisotopic (exact) mass is 369 g/mol. The van der Waals surface area contributed by atoms with Gasteiger partial charge in [0.2, 0.25) is 0 Å². The molecule has 1 aliphatic rings. The number of rotatable bonds is 5. The average molecular weight is 369 g/mol. The molecule has 26 heavy (non-hydrogen) atoms. The zero-order valence-corrected chi connectivity index (χ0v) is 15.7. The van der Waals surface area contributed by atoms with Crippen molar-refractivity contribution in [3.05, 3.63) is 35.4 Å². The maximum Gasteiger partial charge on any atom is 0.323 e. The average Bonchev–Trinajstić information content (AvgIpc) is 2.60. The van der Waals surface area contributed by atoms with E-state index in [1.54, 1.807) is 6.92 Å². The van der Waals surface area contributed by atoms with Crippen molar-refractivity contribution < 1.29 is 23.0 Å². The Bertz CT molecular complexity index is 609. The first kappa shape index (κ1) is 20.8. The van der Waals surface area contributed by atoms with Crippen LogP contribution in [0.3, 0.4) is 0 Å². The van der Waals surface area contributed by atoms with Crippen molar-refractivity contribution in [2.75, 3.05) is 6.61 Å². The van der Waals surface area contributed by atoms with Gasteiger partial charge in [0, 0.05) is 12.7 Å². The topological polar surface area (TPSA) is 61.5 Å². The summed E-state index contributed by atoms with van der Waals surface area (Å²) in [5.74, 6) is -1.32. The van der Waals surface area contributed by atoms with Gasteiger partial charge in [-0.3, -0.25) is 4.79 Å². The quantitative estimate of drug-likeness (QED) is 0.806. The van der Waals surface area contributed by atoms with Gasteiger partial charge in [0.25, 0.3) is 0 Å². The van der Waals surface area contributed by atoms with Crippen LogP contribution in [-0.4, -0.2) is 30.8 Å². The summed E-state index contributed by atoms with van der Waals surface area (Å²) in [7, 11) is 0. The Morgan fingerprint density at radius 2 is 2.04 bits per heavy atom. The second kappa shape index (κ2) is 9.42. The van der Waals surface area contributed by atoms with Crippen molar-refractivity contribution in [2.24, 2.45) is 17.6 Å². The Morgan fingerprint density at radius 1 is 1.31 bits per heavy atom. The Balaban J connectivity index is 2.24. The fourth-order valence-electron chi connectivity index (χ4n) is 3.37. The normalized spacial score (nSPS) is 27.6. The Kier molecular flexibility index (Phi) is 7.53. The number of carbonyl (C=O) groups is 1. The van der Waals surface area contributed by atoms with E-state index < -0.39 is 29.7 Å². The van der Waals surface area contributed by atoms with E-state index >= 15 is 0 Å². The predicted octanol–water partition coefficient (Wildman–Crippen LogP) is 3.61. The zero-order valence-electron chi connectivity index (χ0n) is 15.7. The first-order chi connectivity index (χ1) is 12.3. The van der Waals surface area contributed by atoms with Gasteiger partial charge in [0.15, 0.2) is 0 Å². The lowest BCUT2D eigenvalue weighted by Crippen LogP contribution is -2.41. The van der Waals surface area contributed by atoms with Crippen LogP contribution in [0.4, 0.5) is 8.78 Å². The maximum absolute atomic E-state index is 14.1. The molecule has 1 heterocycles. The van der Waals surface area contributed by atoms with Crippen LogP contribution in [0.5, 0.6) is 0 Å². The number of esters is 1. The molecule has 1 saturated heterocycles. The standard InChI is InChI=1S/C20H29F2NO3/c1-12(2)11-25-19-13(3)26-20(24)18(23)6-4-5-15(19)9-14-7-8-16(21)10-17(14)22/h7-8,10,12-13,15,18-19H,4-6,9,11,23H2,1-3H3/t13-,15+,18-,19-/m0/s1. The summed E-state index contributed by atoms with van der Waals surface area (Å²) in [5.41, 5.74) is 6.31. The van der Waals surface area contributed by atoms with Gasteiger partial charge in [0.05, 0.1) is 6.10 Å². The van der Waals surface area contributed by atoms with Crippen LogP contribution in [0.2, 0.25) is 0 Å². The van der Waals surface area contributed by atoms with Crippen LogP contribution in [0.15, 0.2) is 18.2 Å². The summed E-state index contributed by atoms with van der Waals surface area (Å²) in [4.78, 5) is 12.1. The lowest BCUT2D eigenvalue weighted by Gasteiger charge is -2.32. The molecule has 0 aromatic heterocycles. The Hall–Kier alpha value is -1.53. The third-order valence-corrected chi connectivity index (χ3v) is 4.74. The summed E-state index contributed by atoms with van der Waals surface area (Å²) in [6, 6.07) is 2.98. The number of benzene rings is 1. The molecule has 0 spiro atoms. The molecule has 146 valence electrons. The van der Waals surface area contributed by atoms with Crippen LogP contribution in [0.1, 0.15) is 45.6 Å². The maximum atomic E-state index is 14.1. The highest BCUT2D eigenvalue weighted by molar-refractivity contribution is 5.75. The van der Waals surface area contributed by atoms with Crippen molar-refractivity contribution in [3.8, 4) is 0 Å². The van der Waals surface area contributed by atoms with Crippen LogP contribution in [-0.2, 0) is 20.7 Å². The highest BCUT2D eigenvalue weighted by Gasteiger charge is 2.34. The third-order valence-electron chi connectivity index (χ3n) is 4.74. The molecule has 1 aliphatic heterocycles. The van der Waals surface area contributed by atoms with Gasteiger partial charge in [-0.2, -0.15) is 0 Å². The molecule has 4 atom stereocenters. The molecule has 1 aromatic rings. The molecule has 0 radical (unpaired) electrons. The second-order valence-corrected chi connectivity index (χ2v) is 7.57. The molecule has 1 fully saturated rings. The lowest BCUT2D eigenvalue weighted by atomic mass is 9.86. The Morgan fingerprint density at radius 3 is 2.69 bits per heavy atom. The van der Waals surface area contributed by atoms with E-state index in [9.17, 15) is 13.6 Å². The van der Waals surface area contributed by atoms with Crippen LogP contribution >= 0.6 is 0 Å². The van der Waals surface area contributed by atoms with Crippen LogP contribution < -0.4 is 5.73 Å². The summed E-state index contributed by atoms with van der Waals surface area (Å²) in [6.45, 7) is 6.38. The van der Waals surface area contributed by atoms with Gasteiger partial charge >= 0.3 is 5.97 Å². The van der Waals surface area contributed by atoms with E-state index in [-0.39, 0.29) is 12.0 Å². The molecular weight excluding hydrogens is 340 g/mol. The Labute approximate surface area is 154 Å². The zero-order chi connectivity index (χ0) is 19.3. The molecule has 6 heteroatoms. The van der Waals surface area contributed by atoms with Gasteiger partial charge in [0.1, 0.15) is 23.8 Å². The van der Waals surface area contributed by atoms with Gasteiger partial charge in [-0.05, 0) is 49.7 Å². The smallest absolute Gasteiger partial charge is 0.323 e. The molecule has 0 amide bonds. The number of nitrogens with two attached hydrogens (primary N) is 1. The number of hydrogen-bond acceptors (Lipinski definition) is 4. The van der Waals surface area contributed by atoms with Gasteiger partial charge in [-0.25, -0.2) is 8.78 Å². The molecule has 0 unspecified atom stereocenters. The molecular formula is C20H29F2NO3. The highest BCUT2D eigenvalue weighted by atomic mass is 19.1. The van der Waals surface area contributed by atoms with E-state index in [0.717, 1.165) is 18.9 Å². The molecule has 2 N–H and O–H groups in total. The fourth-order valence-corrected chi connectivity index (χ4v) is 3.37.